The lowest BCUT2D eigenvalue weighted by Crippen LogP contribution is -2.14. The van der Waals surface area contributed by atoms with Crippen LogP contribution in [0.25, 0.3) is 0 Å². The van der Waals surface area contributed by atoms with Gasteiger partial charge in [-0.15, -0.1) is 0 Å². The van der Waals surface area contributed by atoms with Crippen LogP contribution in [0.2, 0.25) is 0 Å². The van der Waals surface area contributed by atoms with Gasteiger partial charge in [-0.25, -0.2) is 12.8 Å². The van der Waals surface area contributed by atoms with Crippen molar-refractivity contribution in [3.05, 3.63) is 58.9 Å². The van der Waals surface area contributed by atoms with Crippen LogP contribution in [0.1, 0.15) is 16.7 Å². The second-order valence-electron chi connectivity index (χ2n) is 4.81. The summed E-state index contributed by atoms with van der Waals surface area (Å²) in [6, 6.07) is 8.90. The zero-order valence-electron chi connectivity index (χ0n) is 11.6. The summed E-state index contributed by atoms with van der Waals surface area (Å²) in [5.74, 6) is -0.478. The number of hydrogen-bond donors (Lipinski definition) is 1. The Labute approximate surface area is 118 Å². The first-order valence-electron chi connectivity index (χ1n) is 6.16. The van der Waals surface area contributed by atoms with Gasteiger partial charge in [0.1, 0.15) is 5.82 Å². The van der Waals surface area contributed by atoms with E-state index in [9.17, 15) is 12.8 Å². The number of nitrogens with one attached hydrogen (secondary N) is 1. The van der Waals surface area contributed by atoms with E-state index in [1.165, 1.54) is 18.2 Å². The van der Waals surface area contributed by atoms with E-state index in [-0.39, 0.29) is 10.6 Å². The molecule has 0 amide bonds. The van der Waals surface area contributed by atoms with Gasteiger partial charge in [-0.05, 0) is 61.7 Å². The lowest BCUT2D eigenvalue weighted by Gasteiger charge is -2.11. The molecule has 0 aliphatic heterocycles. The van der Waals surface area contributed by atoms with Crippen molar-refractivity contribution >= 4 is 15.7 Å². The molecule has 2 rings (SSSR count). The largest absolute Gasteiger partial charge is 0.279 e. The Morgan fingerprint density at radius 1 is 0.900 bits per heavy atom. The maximum Gasteiger partial charge on any atom is 0.261 e. The molecule has 0 aliphatic rings. The number of benzene rings is 2. The fraction of sp³-hybridized carbons (Fsp3) is 0.200. The van der Waals surface area contributed by atoms with E-state index < -0.39 is 15.8 Å². The van der Waals surface area contributed by atoms with Crippen LogP contribution in [0.15, 0.2) is 41.3 Å². The third-order valence-electron chi connectivity index (χ3n) is 3.23. The first-order valence-corrected chi connectivity index (χ1v) is 7.64. The molecule has 0 unspecified atom stereocenters. The summed E-state index contributed by atoms with van der Waals surface area (Å²) >= 11 is 0. The number of sulfonamides is 1. The molecular formula is C15H16FNO2S. The van der Waals surface area contributed by atoms with Gasteiger partial charge in [0, 0.05) is 0 Å². The van der Waals surface area contributed by atoms with Gasteiger partial charge in [0.25, 0.3) is 10.0 Å². The van der Waals surface area contributed by atoms with Gasteiger partial charge in [0.05, 0.1) is 10.6 Å². The predicted molar refractivity (Wildman–Crippen MR) is 77.9 cm³/mol. The summed E-state index contributed by atoms with van der Waals surface area (Å²) in [5, 5.41) is 0. The fourth-order valence-corrected chi connectivity index (χ4v) is 3.00. The summed E-state index contributed by atoms with van der Waals surface area (Å²) in [4.78, 5) is 0.171. The molecule has 0 radical (unpaired) electrons. The van der Waals surface area contributed by atoms with Crippen LogP contribution in [0, 0.1) is 26.6 Å². The third-order valence-corrected chi connectivity index (χ3v) is 4.60. The second-order valence-corrected chi connectivity index (χ2v) is 6.49. The molecule has 0 aromatic heterocycles. The second kappa shape index (κ2) is 5.25. The Hall–Kier alpha value is -1.88. The molecule has 0 atom stereocenters. The van der Waals surface area contributed by atoms with Gasteiger partial charge in [0.2, 0.25) is 0 Å². The third kappa shape index (κ3) is 2.99. The molecular weight excluding hydrogens is 277 g/mol. The number of anilines is 1. The van der Waals surface area contributed by atoms with E-state index in [4.69, 9.17) is 0 Å². The molecule has 20 heavy (non-hydrogen) atoms. The van der Waals surface area contributed by atoms with Crippen molar-refractivity contribution in [1.82, 2.24) is 0 Å². The Morgan fingerprint density at radius 2 is 1.55 bits per heavy atom. The number of rotatable bonds is 3. The maximum absolute atomic E-state index is 13.2. The minimum atomic E-state index is -3.71. The highest BCUT2D eigenvalue weighted by molar-refractivity contribution is 7.92. The molecule has 106 valence electrons. The molecule has 0 heterocycles. The molecule has 0 saturated heterocycles. The summed E-state index contributed by atoms with van der Waals surface area (Å²) in [7, 11) is -3.71. The first-order chi connectivity index (χ1) is 9.29. The van der Waals surface area contributed by atoms with Crippen molar-refractivity contribution in [3.8, 4) is 0 Å². The molecule has 1 N–H and O–H groups in total. The fourth-order valence-electron chi connectivity index (χ4n) is 1.79. The molecule has 5 heteroatoms. The van der Waals surface area contributed by atoms with E-state index in [0.29, 0.717) is 5.56 Å². The van der Waals surface area contributed by atoms with Crippen LogP contribution in [-0.2, 0) is 10.0 Å². The highest BCUT2D eigenvalue weighted by atomic mass is 32.2. The van der Waals surface area contributed by atoms with Crippen LogP contribution in [0.5, 0.6) is 0 Å². The Balaban J connectivity index is 2.40. The topological polar surface area (TPSA) is 46.2 Å². The average molecular weight is 293 g/mol. The van der Waals surface area contributed by atoms with E-state index in [1.54, 1.807) is 25.1 Å². The lowest BCUT2D eigenvalue weighted by molar-refractivity contribution is 0.601. The van der Waals surface area contributed by atoms with Crippen molar-refractivity contribution in [1.29, 1.82) is 0 Å². The van der Waals surface area contributed by atoms with Gasteiger partial charge in [-0.3, -0.25) is 4.72 Å². The average Bonchev–Trinajstić information content (AvgIpc) is 2.36. The van der Waals surface area contributed by atoms with E-state index in [0.717, 1.165) is 11.1 Å². The van der Waals surface area contributed by atoms with Crippen molar-refractivity contribution in [2.45, 2.75) is 25.7 Å². The van der Waals surface area contributed by atoms with Gasteiger partial charge < -0.3 is 0 Å². The van der Waals surface area contributed by atoms with Gasteiger partial charge in [-0.1, -0.05) is 12.1 Å². The first kappa shape index (κ1) is 14.5. The smallest absolute Gasteiger partial charge is 0.261 e. The van der Waals surface area contributed by atoms with Crippen LogP contribution >= 0.6 is 0 Å². The zero-order chi connectivity index (χ0) is 14.9. The molecule has 2 aromatic rings. The van der Waals surface area contributed by atoms with Gasteiger partial charge >= 0.3 is 0 Å². The molecule has 3 nitrogen and oxygen atoms in total. The summed E-state index contributed by atoms with van der Waals surface area (Å²) in [6.07, 6.45) is 0. The number of hydrogen-bond acceptors (Lipinski definition) is 2. The van der Waals surface area contributed by atoms with E-state index in [1.807, 2.05) is 13.8 Å². The minimum Gasteiger partial charge on any atom is -0.279 e. The summed E-state index contributed by atoms with van der Waals surface area (Å²) in [5.41, 5.74) is 2.83. The van der Waals surface area contributed by atoms with E-state index >= 15 is 0 Å². The quantitative estimate of drug-likeness (QED) is 0.940. The predicted octanol–water partition coefficient (Wildman–Crippen LogP) is 3.55. The highest BCUT2D eigenvalue weighted by Gasteiger charge is 2.16. The molecule has 2 aromatic carbocycles. The Morgan fingerprint density at radius 3 is 2.20 bits per heavy atom. The van der Waals surface area contributed by atoms with Crippen molar-refractivity contribution in [3.63, 3.8) is 0 Å². The van der Waals surface area contributed by atoms with Gasteiger partial charge in [0.15, 0.2) is 0 Å². The molecule has 0 spiro atoms. The van der Waals surface area contributed by atoms with Crippen LogP contribution in [0.4, 0.5) is 10.1 Å². The zero-order valence-corrected chi connectivity index (χ0v) is 12.4. The normalized spacial score (nSPS) is 11.4. The van der Waals surface area contributed by atoms with Crippen LogP contribution < -0.4 is 4.72 Å². The SMILES string of the molecule is Cc1ccc(S(=O)(=O)Nc2cc(F)ccc2C)cc1C. The lowest BCUT2D eigenvalue weighted by atomic mass is 10.1. The van der Waals surface area contributed by atoms with Crippen LogP contribution in [-0.4, -0.2) is 8.42 Å². The maximum atomic E-state index is 13.2. The number of halogens is 1. The molecule has 0 fully saturated rings. The van der Waals surface area contributed by atoms with Gasteiger partial charge in [-0.2, -0.15) is 0 Å². The minimum absolute atomic E-state index is 0.171. The Bertz CT molecular complexity index is 754. The molecule has 0 bridgehead atoms. The summed E-state index contributed by atoms with van der Waals surface area (Å²) in [6.45, 7) is 5.48. The van der Waals surface area contributed by atoms with Crippen molar-refractivity contribution < 1.29 is 12.8 Å². The molecule has 0 aliphatic carbocycles. The van der Waals surface area contributed by atoms with Crippen molar-refractivity contribution in [2.75, 3.05) is 4.72 Å². The van der Waals surface area contributed by atoms with Crippen LogP contribution in [0.3, 0.4) is 0 Å². The monoisotopic (exact) mass is 293 g/mol. The highest BCUT2D eigenvalue weighted by Crippen LogP contribution is 2.22. The van der Waals surface area contributed by atoms with Crippen molar-refractivity contribution in [2.24, 2.45) is 0 Å². The summed E-state index contributed by atoms with van der Waals surface area (Å²) < 4.78 is 40.2. The molecule has 0 saturated carbocycles. The Kier molecular flexibility index (Phi) is 3.81. The van der Waals surface area contributed by atoms with E-state index in [2.05, 4.69) is 4.72 Å². The standard InChI is InChI=1S/C15H16FNO2S/c1-10-5-7-14(8-12(10)3)20(18,19)17-15-9-13(16)6-4-11(15)2/h4-9,17H,1-3H3. The number of aryl methyl sites for hydroxylation is 3.